The number of rotatable bonds is 22. The number of hydrogen-bond acceptors (Lipinski definition) is 16. The summed E-state index contributed by atoms with van der Waals surface area (Å²) in [6, 6.07) is -1.15. The highest BCUT2D eigenvalue weighted by atomic mass is 16.6. The van der Waals surface area contributed by atoms with Crippen LogP contribution in [0, 0.1) is 41.4 Å². The van der Waals surface area contributed by atoms with Crippen LogP contribution in [0.2, 0.25) is 0 Å². The van der Waals surface area contributed by atoms with Crippen LogP contribution in [-0.4, -0.2) is 173 Å². The molecule has 0 saturated heterocycles. The lowest BCUT2D eigenvalue weighted by Crippen LogP contribution is -2.44. The number of cyclic esters (lactones) is 1. The predicted octanol–water partition coefficient (Wildman–Crippen LogP) is 7.96. The molecule has 17 atom stereocenters. The van der Waals surface area contributed by atoms with Crippen molar-refractivity contribution >= 4 is 23.9 Å². The van der Waals surface area contributed by atoms with Gasteiger partial charge in [-0.1, -0.05) is 73.1 Å². The van der Waals surface area contributed by atoms with Gasteiger partial charge in [-0.05, 0) is 135 Å². The smallest absolute Gasteiger partial charge is 0.326 e. The minimum atomic E-state index is -0.914. The molecular formula is C57H104N2O14. The van der Waals surface area contributed by atoms with Crippen molar-refractivity contribution in [3.8, 4) is 0 Å². The van der Waals surface area contributed by atoms with E-state index in [0.717, 1.165) is 24.8 Å². The minimum absolute atomic E-state index is 0.0918. The molecule has 73 heavy (non-hydrogen) atoms. The lowest BCUT2D eigenvalue weighted by Gasteiger charge is -2.36. The predicted molar refractivity (Wildman–Crippen MR) is 285 cm³/mol. The zero-order chi connectivity index (χ0) is 55.5. The summed E-state index contributed by atoms with van der Waals surface area (Å²) in [5.74, 6) is -3.35. The SMILES string of the molecule is COC[C@@H](C(=O)O[C@@H]1CCCCCC(=O)O[C@H]([C@@H](C)[C@@H](O)[C@@H](C)CC[C@@H](OC(=O)[C@H](C)N(C)C)[C@H](C)[C@H](OC(C)=O)[C@H](C)CCO)C/C=C/[C@H](OC)C[C@H](C)C/C=C(\C)[C@@H](OC)CC[C@@H](C)[C@@H](O)[C@@H]1C)N(C)C. The summed E-state index contributed by atoms with van der Waals surface area (Å²) in [6.45, 7) is 19.0. The standard InChI is InChI=1S/C57H104N2O14/c1-36-26-27-37(2)48(69-17)30-28-38(3)54(64)42(7)50(73-57(66)47(35-67-15)59(13)14)23-19-18-20-25-52(62)71-49(24-21-22-46(34-36)68-16)41(6)53(63)39(4)29-31-51(72-56(65)44(9)58(11)12)43(8)55(70-45(10)61)40(5)32-33-60/h21-22,27,36,38-44,46-51,53-55,60,63-64H,18-20,23-26,28-35H2,1-17H3/b22-21+,37-27+/t36-,38-,39+,40-,41-,42-,43+,44+,46+,47+,48+,49+,50-,51-,53+,54-,55-/m1/s1. The third-order valence-electron chi connectivity index (χ3n) is 15.6. The molecule has 0 bridgehead atoms. The van der Waals surface area contributed by atoms with Gasteiger partial charge in [-0.25, -0.2) is 0 Å². The Morgan fingerprint density at radius 3 is 2.08 bits per heavy atom. The number of hydrogen-bond donors (Lipinski definition) is 3. The van der Waals surface area contributed by atoms with Crippen LogP contribution in [0.4, 0.5) is 0 Å². The Morgan fingerprint density at radius 1 is 0.836 bits per heavy atom. The van der Waals surface area contributed by atoms with Crippen molar-refractivity contribution in [2.24, 2.45) is 41.4 Å². The van der Waals surface area contributed by atoms with Crippen molar-refractivity contribution in [3.05, 3.63) is 23.8 Å². The topological polar surface area (TPSA) is 200 Å². The van der Waals surface area contributed by atoms with Crippen LogP contribution in [0.5, 0.6) is 0 Å². The molecule has 0 aromatic heterocycles. The molecule has 0 aromatic rings. The van der Waals surface area contributed by atoms with E-state index in [4.69, 9.17) is 33.2 Å². The van der Waals surface area contributed by atoms with E-state index in [0.29, 0.717) is 57.8 Å². The van der Waals surface area contributed by atoms with Gasteiger partial charge in [0, 0.05) is 65.5 Å². The second-order valence-electron chi connectivity index (χ2n) is 22.1. The molecule has 0 radical (unpaired) electrons. The molecule has 1 rings (SSSR count). The molecule has 0 amide bonds. The fourth-order valence-corrected chi connectivity index (χ4v) is 9.85. The quantitative estimate of drug-likeness (QED) is 0.0535. The van der Waals surface area contributed by atoms with E-state index in [-0.39, 0.29) is 67.4 Å². The Balaban J connectivity index is 3.55. The molecule has 0 fully saturated rings. The molecule has 3 N–H and O–H groups in total. The number of carbonyl (C=O) groups excluding carboxylic acids is 4. The van der Waals surface area contributed by atoms with Gasteiger partial charge >= 0.3 is 23.9 Å². The van der Waals surface area contributed by atoms with Gasteiger partial charge in [-0.15, -0.1) is 0 Å². The highest BCUT2D eigenvalue weighted by Gasteiger charge is 2.38. The van der Waals surface area contributed by atoms with Gasteiger partial charge in [0.2, 0.25) is 0 Å². The van der Waals surface area contributed by atoms with E-state index < -0.39 is 78.5 Å². The summed E-state index contributed by atoms with van der Waals surface area (Å²) < 4.78 is 41.6. The van der Waals surface area contributed by atoms with Crippen LogP contribution < -0.4 is 0 Å². The van der Waals surface area contributed by atoms with Gasteiger partial charge in [-0.3, -0.25) is 29.0 Å². The minimum Gasteiger partial charge on any atom is -0.462 e. The molecule has 0 aromatic carbocycles. The van der Waals surface area contributed by atoms with E-state index in [1.807, 2.05) is 53.7 Å². The molecule has 1 aliphatic heterocycles. The first kappa shape index (κ1) is 68.1. The number of carbonyl (C=O) groups is 4. The highest BCUT2D eigenvalue weighted by molar-refractivity contribution is 5.76. The van der Waals surface area contributed by atoms with Gasteiger partial charge < -0.3 is 48.5 Å². The Labute approximate surface area is 441 Å². The largest absolute Gasteiger partial charge is 0.462 e. The number of aliphatic hydroxyl groups excluding tert-OH is 3. The Kier molecular flexibility index (Phi) is 33.7. The highest BCUT2D eigenvalue weighted by Crippen LogP contribution is 2.32. The van der Waals surface area contributed by atoms with Crippen LogP contribution >= 0.6 is 0 Å². The average molecular weight is 1040 g/mol. The summed E-state index contributed by atoms with van der Waals surface area (Å²) in [5, 5.41) is 33.5. The van der Waals surface area contributed by atoms with Crippen molar-refractivity contribution < 1.29 is 67.7 Å². The molecule has 16 nitrogen and oxygen atoms in total. The summed E-state index contributed by atoms with van der Waals surface area (Å²) >= 11 is 0. The van der Waals surface area contributed by atoms with Gasteiger partial charge in [0.15, 0.2) is 0 Å². The van der Waals surface area contributed by atoms with E-state index in [9.17, 15) is 34.5 Å². The first-order valence-corrected chi connectivity index (χ1v) is 27.3. The van der Waals surface area contributed by atoms with E-state index >= 15 is 0 Å². The van der Waals surface area contributed by atoms with Crippen molar-refractivity contribution in [3.63, 3.8) is 0 Å². The van der Waals surface area contributed by atoms with Gasteiger partial charge in [0.1, 0.15) is 36.5 Å². The van der Waals surface area contributed by atoms with Crippen molar-refractivity contribution in [1.82, 2.24) is 9.80 Å². The summed E-state index contributed by atoms with van der Waals surface area (Å²) in [7, 11) is 12.1. The van der Waals surface area contributed by atoms with E-state index in [2.05, 4.69) is 19.9 Å². The van der Waals surface area contributed by atoms with E-state index in [1.54, 1.807) is 66.2 Å². The zero-order valence-corrected chi connectivity index (χ0v) is 48.4. The second kappa shape index (κ2) is 36.1. The maximum absolute atomic E-state index is 13.7. The molecule has 16 heteroatoms. The molecular weight excluding hydrogens is 937 g/mol. The Hall–Kier alpha value is -2.96. The van der Waals surface area contributed by atoms with Crippen LogP contribution in [0.25, 0.3) is 0 Å². The fraction of sp³-hybridized carbons (Fsp3) is 0.860. The van der Waals surface area contributed by atoms with Gasteiger partial charge in [0.05, 0.1) is 31.0 Å². The normalized spacial score (nSPS) is 28.8. The zero-order valence-electron chi connectivity index (χ0n) is 48.4. The maximum Gasteiger partial charge on any atom is 0.326 e. The number of likely N-dealkylation sites (N-methyl/N-ethyl adjacent to an activating group) is 2. The molecule has 0 aliphatic carbocycles. The lowest BCUT2D eigenvalue weighted by molar-refractivity contribution is -0.167. The number of methoxy groups -OCH3 is 3. The number of esters is 4. The summed E-state index contributed by atoms with van der Waals surface area (Å²) in [4.78, 5) is 56.5. The molecule has 0 spiro atoms. The fourth-order valence-electron chi connectivity index (χ4n) is 9.85. The first-order valence-electron chi connectivity index (χ1n) is 27.3. The average Bonchev–Trinajstić information content (AvgIpc) is 3.34. The van der Waals surface area contributed by atoms with Crippen LogP contribution in [0.3, 0.4) is 0 Å². The lowest BCUT2D eigenvalue weighted by atomic mass is 9.82. The molecule has 0 saturated carbocycles. The third-order valence-corrected chi connectivity index (χ3v) is 15.6. The molecule has 0 unspecified atom stereocenters. The number of ether oxygens (including phenoxy) is 7. The van der Waals surface area contributed by atoms with Crippen LogP contribution in [-0.2, 0) is 52.3 Å². The third kappa shape index (κ3) is 24.7. The van der Waals surface area contributed by atoms with Crippen molar-refractivity contribution in [1.29, 1.82) is 0 Å². The van der Waals surface area contributed by atoms with Crippen molar-refractivity contribution in [2.45, 2.75) is 214 Å². The second-order valence-corrected chi connectivity index (χ2v) is 22.1. The van der Waals surface area contributed by atoms with Gasteiger partial charge in [-0.2, -0.15) is 0 Å². The number of nitrogens with zero attached hydrogens (tertiary/aromatic N) is 2. The monoisotopic (exact) mass is 1040 g/mol. The summed E-state index contributed by atoms with van der Waals surface area (Å²) in [5.41, 5.74) is 1.12. The Bertz CT molecular complexity index is 1630. The molecule has 1 aliphatic rings. The van der Waals surface area contributed by atoms with Crippen LogP contribution in [0.1, 0.15) is 153 Å². The summed E-state index contributed by atoms with van der Waals surface area (Å²) in [6.07, 6.45) is 8.67. The van der Waals surface area contributed by atoms with Crippen LogP contribution in [0.15, 0.2) is 23.8 Å². The molecule has 1 heterocycles. The van der Waals surface area contributed by atoms with Gasteiger partial charge in [0.25, 0.3) is 0 Å². The maximum atomic E-state index is 13.7. The first-order chi connectivity index (χ1) is 34.3. The van der Waals surface area contributed by atoms with E-state index in [1.165, 1.54) is 6.92 Å². The Morgan fingerprint density at radius 2 is 1.51 bits per heavy atom. The number of aliphatic hydroxyl groups is 3. The van der Waals surface area contributed by atoms with Crippen molar-refractivity contribution in [2.75, 3.05) is 62.7 Å². The molecule has 426 valence electrons. The number of allylic oxidation sites excluding steroid dienone is 1.